The Bertz CT molecular complexity index is 725. The Hall–Kier alpha value is -2.36. The fraction of sp³-hybridized carbons (Fsp3) is 0.500. The average molecular weight is 382 g/mol. The number of unbranched alkanes of at least 4 members (excludes halogenated alkanes) is 2. The van der Waals surface area contributed by atoms with Crippen LogP contribution in [0.4, 0.5) is 17.1 Å². The number of rotatable bonds is 12. The van der Waals surface area contributed by atoms with E-state index in [9.17, 15) is 0 Å². The van der Waals surface area contributed by atoms with Crippen molar-refractivity contribution in [3.05, 3.63) is 48.0 Å². The second-order valence-corrected chi connectivity index (χ2v) is 7.42. The first-order valence-corrected chi connectivity index (χ1v) is 10.7. The van der Waals surface area contributed by atoms with Gasteiger partial charge in [-0.05, 0) is 55.0 Å². The van der Waals surface area contributed by atoms with Crippen LogP contribution < -0.4 is 10.5 Å². The minimum absolute atomic E-state index is 0.557. The Labute approximate surface area is 170 Å². The molecule has 0 aliphatic heterocycles. The van der Waals surface area contributed by atoms with Crippen LogP contribution in [-0.4, -0.2) is 6.61 Å². The summed E-state index contributed by atoms with van der Waals surface area (Å²) < 4.78 is 6.09. The molecule has 28 heavy (non-hydrogen) atoms. The Morgan fingerprint density at radius 3 is 2.36 bits per heavy atom. The zero-order valence-corrected chi connectivity index (χ0v) is 17.7. The fourth-order valence-electron chi connectivity index (χ4n) is 3.06. The number of hydrogen-bond donors (Lipinski definition) is 1. The summed E-state index contributed by atoms with van der Waals surface area (Å²) in [6, 6.07) is 13.8. The van der Waals surface area contributed by atoms with Crippen molar-refractivity contribution in [2.75, 3.05) is 12.3 Å². The topological polar surface area (TPSA) is 60.0 Å². The van der Waals surface area contributed by atoms with Gasteiger partial charge in [-0.2, -0.15) is 5.11 Å². The number of aryl methyl sites for hydroxylation is 1. The first-order valence-electron chi connectivity index (χ1n) is 10.7. The highest BCUT2D eigenvalue weighted by Gasteiger charge is 2.10. The van der Waals surface area contributed by atoms with Crippen LogP contribution in [0.3, 0.4) is 0 Å². The molecule has 2 aromatic rings. The van der Waals surface area contributed by atoms with E-state index < -0.39 is 0 Å². The van der Waals surface area contributed by atoms with Crippen molar-refractivity contribution in [1.29, 1.82) is 0 Å². The van der Waals surface area contributed by atoms with Gasteiger partial charge in [-0.25, -0.2) is 0 Å². The number of azo groups is 1. The van der Waals surface area contributed by atoms with Gasteiger partial charge in [-0.15, -0.1) is 5.11 Å². The number of hydrogen-bond acceptors (Lipinski definition) is 4. The molecule has 0 saturated carbocycles. The Morgan fingerprint density at radius 2 is 1.68 bits per heavy atom. The van der Waals surface area contributed by atoms with Gasteiger partial charge in [0.05, 0.1) is 12.3 Å². The van der Waals surface area contributed by atoms with E-state index in [4.69, 9.17) is 10.5 Å². The molecule has 0 aromatic heterocycles. The molecule has 0 aliphatic rings. The quantitative estimate of drug-likeness (QED) is 0.303. The van der Waals surface area contributed by atoms with Crippen LogP contribution in [0.2, 0.25) is 0 Å². The van der Waals surface area contributed by atoms with Crippen LogP contribution in [0.15, 0.2) is 52.7 Å². The first kappa shape index (κ1) is 21.9. The van der Waals surface area contributed by atoms with Crippen molar-refractivity contribution in [1.82, 2.24) is 0 Å². The smallest absolute Gasteiger partial charge is 0.148 e. The lowest BCUT2D eigenvalue weighted by Gasteiger charge is -2.16. The summed E-state index contributed by atoms with van der Waals surface area (Å²) in [4.78, 5) is 0. The maximum Gasteiger partial charge on any atom is 0.148 e. The lowest BCUT2D eigenvalue weighted by atomic mass is 10.0. The molecule has 0 amide bonds. The van der Waals surface area contributed by atoms with Crippen LogP contribution in [0.5, 0.6) is 5.75 Å². The molecule has 0 bridgehead atoms. The monoisotopic (exact) mass is 381 g/mol. The van der Waals surface area contributed by atoms with Gasteiger partial charge in [0.1, 0.15) is 11.4 Å². The molecule has 0 saturated heterocycles. The Balaban J connectivity index is 2.05. The van der Waals surface area contributed by atoms with Gasteiger partial charge in [-0.1, -0.05) is 58.6 Å². The van der Waals surface area contributed by atoms with Gasteiger partial charge >= 0.3 is 0 Å². The van der Waals surface area contributed by atoms with E-state index in [-0.39, 0.29) is 0 Å². The molecule has 1 unspecified atom stereocenters. The van der Waals surface area contributed by atoms with Crippen LogP contribution >= 0.6 is 0 Å². The maximum atomic E-state index is 6.09. The van der Waals surface area contributed by atoms with Gasteiger partial charge in [0.15, 0.2) is 0 Å². The van der Waals surface area contributed by atoms with Crippen molar-refractivity contribution in [3.63, 3.8) is 0 Å². The van der Waals surface area contributed by atoms with E-state index in [0.29, 0.717) is 24.0 Å². The predicted octanol–water partition coefficient (Wildman–Crippen LogP) is 7.62. The van der Waals surface area contributed by atoms with Gasteiger partial charge in [0, 0.05) is 11.8 Å². The summed E-state index contributed by atoms with van der Waals surface area (Å²) in [5.74, 6) is 1.26. The number of nitrogens with zero attached hydrogens (tertiary/aromatic N) is 2. The van der Waals surface area contributed by atoms with E-state index in [1.165, 1.54) is 37.7 Å². The van der Waals surface area contributed by atoms with E-state index >= 15 is 0 Å². The molecule has 2 rings (SSSR count). The van der Waals surface area contributed by atoms with Crippen molar-refractivity contribution < 1.29 is 4.74 Å². The molecular formula is C24H35N3O. The van der Waals surface area contributed by atoms with Gasteiger partial charge < -0.3 is 10.5 Å². The summed E-state index contributed by atoms with van der Waals surface area (Å²) in [6.45, 7) is 7.34. The van der Waals surface area contributed by atoms with Crippen molar-refractivity contribution in [2.24, 2.45) is 16.1 Å². The standard InChI is InChI=1S/C24H35N3O/c1-4-7-9-19(6-3)18-28-24-17-21(25)13-16-23(24)27-26-22-14-11-20(12-15-22)10-8-5-2/h11-17,19H,4-10,18,25H2,1-3H3. The second kappa shape index (κ2) is 12.2. The SMILES string of the molecule is CCCCc1ccc(N=Nc2ccc(N)cc2OCC(CC)CCCC)cc1. The fourth-order valence-corrected chi connectivity index (χ4v) is 3.06. The van der Waals surface area contributed by atoms with Gasteiger partial charge in [-0.3, -0.25) is 0 Å². The summed E-state index contributed by atoms with van der Waals surface area (Å²) in [5, 5.41) is 8.81. The highest BCUT2D eigenvalue weighted by Crippen LogP contribution is 2.32. The van der Waals surface area contributed by atoms with Crippen molar-refractivity contribution in [2.45, 2.75) is 65.7 Å². The van der Waals surface area contributed by atoms with Crippen LogP contribution in [0.1, 0.15) is 64.9 Å². The number of nitrogen functional groups attached to an aromatic ring is 1. The zero-order valence-electron chi connectivity index (χ0n) is 17.7. The van der Waals surface area contributed by atoms with Crippen molar-refractivity contribution in [3.8, 4) is 5.75 Å². The normalized spacial score (nSPS) is 12.4. The third-order valence-corrected chi connectivity index (χ3v) is 5.03. The van der Waals surface area contributed by atoms with Gasteiger partial charge in [0.2, 0.25) is 0 Å². The van der Waals surface area contributed by atoms with E-state index in [1.54, 1.807) is 0 Å². The van der Waals surface area contributed by atoms with E-state index in [2.05, 4.69) is 43.1 Å². The molecule has 2 aromatic carbocycles. The van der Waals surface area contributed by atoms with E-state index in [0.717, 1.165) is 24.2 Å². The summed E-state index contributed by atoms with van der Waals surface area (Å²) in [5.41, 5.74) is 9.54. The minimum Gasteiger partial charge on any atom is -0.491 e. The molecule has 0 heterocycles. The molecule has 0 radical (unpaired) electrons. The molecular weight excluding hydrogens is 346 g/mol. The Morgan fingerprint density at radius 1 is 0.929 bits per heavy atom. The number of anilines is 1. The molecule has 0 fully saturated rings. The molecule has 0 spiro atoms. The third-order valence-electron chi connectivity index (χ3n) is 5.03. The van der Waals surface area contributed by atoms with Crippen LogP contribution in [0.25, 0.3) is 0 Å². The molecule has 152 valence electrons. The molecule has 1 atom stereocenters. The molecule has 4 heteroatoms. The van der Waals surface area contributed by atoms with Crippen molar-refractivity contribution >= 4 is 17.1 Å². The molecule has 4 nitrogen and oxygen atoms in total. The lowest BCUT2D eigenvalue weighted by Crippen LogP contribution is -2.11. The minimum atomic E-state index is 0.557. The second-order valence-electron chi connectivity index (χ2n) is 7.42. The maximum absolute atomic E-state index is 6.09. The zero-order chi connectivity index (χ0) is 20.2. The average Bonchev–Trinajstić information content (AvgIpc) is 2.72. The predicted molar refractivity (Wildman–Crippen MR) is 119 cm³/mol. The highest BCUT2D eigenvalue weighted by atomic mass is 16.5. The molecule has 0 aliphatic carbocycles. The van der Waals surface area contributed by atoms with Crippen LogP contribution in [-0.2, 0) is 6.42 Å². The van der Waals surface area contributed by atoms with Gasteiger partial charge in [0.25, 0.3) is 0 Å². The van der Waals surface area contributed by atoms with Crippen LogP contribution in [0, 0.1) is 5.92 Å². The number of ether oxygens (including phenoxy) is 1. The van der Waals surface area contributed by atoms with E-state index in [1.807, 2.05) is 30.3 Å². The number of nitrogens with two attached hydrogens (primary N) is 1. The Kier molecular flexibility index (Phi) is 9.53. The lowest BCUT2D eigenvalue weighted by molar-refractivity contribution is 0.234. The third kappa shape index (κ3) is 7.34. The summed E-state index contributed by atoms with van der Waals surface area (Å²) in [6.07, 6.45) is 8.29. The largest absolute Gasteiger partial charge is 0.491 e. The molecule has 2 N–H and O–H groups in total. The highest BCUT2D eigenvalue weighted by molar-refractivity contribution is 5.59. The summed E-state index contributed by atoms with van der Waals surface area (Å²) in [7, 11) is 0. The first-order chi connectivity index (χ1) is 13.7. The number of benzene rings is 2. The summed E-state index contributed by atoms with van der Waals surface area (Å²) >= 11 is 0.